The van der Waals surface area contributed by atoms with Gasteiger partial charge in [0.25, 0.3) is 0 Å². The molecule has 1 aliphatic rings. The smallest absolute Gasteiger partial charge is 0.337 e. The van der Waals surface area contributed by atoms with Crippen molar-refractivity contribution in [3.05, 3.63) is 28.8 Å². The van der Waals surface area contributed by atoms with Crippen molar-refractivity contribution >= 4 is 35.1 Å². The summed E-state index contributed by atoms with van der Waals surface area (Å²) in [6.45, 7) is 0. The molecule has 1 saturated heterocycles. The van der Waals surface area contributed by atoms with E-state index in [0.29, 0.717) is 6.42 Å². The molecule has 1 aromatic carbocycles. The van der Waals surface area contributed by atoms with Gasteiger partial charge in [-0.2, -0.15) is 0 Å². The van der Waals surface area contributed by atoms with Crippen LogP contribution < -0.4 is 10.6 Å². The minimum Gasteiger partial charge on any atom is -0.478 e. The summed E-state index contributed by atoms with van der Waals surface area (Å²) in [5.74, 6) is -1.85. The van der Waals surface area contributed by atoms with E-state index in [1.807, 2.05) is 0 Å². The quantitative estimate of drug-likeness (QED) is 0.777. The maximum absolute atomic E-state index is 11.9. The van der Waals surface area contributed by atoms with Crippen LogP contribution in [0, 0.1) is 0 Å². The molecule has 0 aromatic heterocycles. The molecule has 0 spiro atoms. The largest absolute Gasteiger partial charge is 0.478 e. The third-order valence-corrected chi connectivity index (χ3v) is 3.12. The molecule has 0 unspecified atom stereocenters. The first-order valence-electron chi connectivity index (χ1n) is 5.61. The standard InChI is InChI=1S/C12H11ClN2O4/c13-7-3-1-2-6(12(18)19)10(7)15-11(17)8-4-5-9(16)14-8/h1-3,8H,4-5H2,(H,14,16)(H,15,17)(H,18,19)/t8-/m1/s1. The molecule has 0 bridgehead atoms. The maximum Gasteiger partial charge on any atom is 0.337 e. The molecule has 1 fully saturated rings. The summed E-state index contributed by atoms with van der Waals surface area (Å²) in [4.78, 5) is 34.0. The molecular formula is C12H11ClN2O4. The molecular weight excluding hydrogens is 272 g/mol. The van der Waals surface area contributed by atoms with E-state index < -0.39 is 17.9 Å². The Labute approximate surface area is 113 Å². The first kappa shape index (κ1) is 13.4. The average Bonchev–Trinajstić information content (AvgIpc) is 2.78. The van der Waals surface area contributed by atoms with Crippen LogP contribution in [0.1, 0.15) is 23.2 Å². The van der Waals surface area contributed by atoms with Crippen LogP contribution in [0.4, 0.5) is 5.69 Å². The van der Waals surface area contributed by atoms with E-state index in [-0.39, 0.29) is 28.6 Å². The van der Waals surface area contributed by atoms with E-state index in [9.17, 15) is 14.4 Å². The van der Waals surface area contributed by atoms with Crippen LogP contribution in [0.2, 0.25) is 5.02 Å². The predicted octanol–water partition coefficient (Wildman–Crippen LogP) is 1.26. The van der Waals surface area contributed by atoms with Gasteiger partial charge in [0.2, 0.25) is 11.8 Å². The van der Waals surface area contributed by atoms with E-state index in [2.05, 4.69) is 10.6 Å². The molecule has 2 amide bonds. The van der Waals surface area contributed by atoms with Crippen LogP contribution in [0.3, 0.4) is 0 Å². The van der Waals surface area contributed by atoms with E-state index in [0.717, 1.165) is 0 Å². The second-order valence-corrected chi connectivity index (χ2v) is 4.52. The van der Waals surface area contributed by atoms with Crippen LogP contribution in [0.25, 0.3) is 0 Å². The highest BCUT2D eigenvalue weighted by Crippen LogP contribution is 2.26. The van der Waals surface area contributed by atoms with Gasteiger partial charge < -0.3 is 15.7 Å². The number of anilines is 1. The molecule has 0 saturated carbocycles. The van der Waals surface area contributed by atoms with Crippen LogP contribution in [0.5, 0.6) is 0 Å². The van der Waals surface area contributed by atoms with Gasteiger partial charge in [0, 0.05) is 6.42 Å². The Morgan fingerprint density at radius 2 is 2.16 bits per heavy atom. The Morgan fingerprint density at radius 1 is 1.42 bits per heavy atom. The first-order valence-corrected chi connectivity index (χ1v) is 5.99. The van der Waals surface area contributed by atoms with E-state index in [1.165, 1.54) is 18.2 Å². The van der Waals surface area contributed by atoms with Crippen LogP contribution in [-0.4, -0.2) is 28.9 Å². The van der Waals surface area contributed by atoms with Gasteiger partial charge in [0.1, 0.15) is 6.04 Å². The van der Waals surface area contributed by atoms with Crippen LogP contribution in [0.15, 0.2) is 18.2 Å². The number of carboxylic acids is 1. The van der Waals surface area contributed by atoms with Crippen molar-refractivity contribution in [1.29, 1.82) is 0 Å². The zero-order valence-corrected chi connectivity index (χ0v) is 10.5. The van der Waals surface area contributed by atoms with Crippen LogP contribution >= 0.6 is 11.6 Å². The van der Waals surface area contributed by atoms with Crippen molar-refractivity contribution in [2.75, 3.05) is 5.32 Å². The number of aromatic carboxylic acids is 1. The predicted molar refractivity (Wildman–Crippen MR) is 68.2 cm³/mol. The number of halogens is 1. The Kier molecular flexibility index (Phi) is 3.71. The summed E-state index contributed by atoms with van der Waals surface area (Å²) >= 11 is 5.89. The summed E-state index contributed by atoms with van der Waals surface area (Å²) in [6, 6.07) is 3.66. The highest BCUT2D eigenvalue weighted by molar-refractivity contribution is 6.34. The first-order chi connectivity index (χ1) is 8.99. The number of hydrogen-bond donors (Lipinski definition) is 3. The minimum atomic E-state index is -1.19. The van der Waals surface area contributed by atoms with Crippen molar-refractivity contribution in [2.45, 2.75) is 18.9 Å². The summed E-state index contributed by atoms with van der Waals surface area (Å²) in [6.07, 6.45) is 0.671. The second kappa shape index (κ2) is 5.27. The Hall–Kier alpha value is -2.08. The molecule has 6 nitrogen and oxygen atoms in total. The number of nitrogens with one attached hydrogen (secondary N) is 2. The van der Waals surface area contributed by atoms with Gasteiger partial charge >= 0.3 is 5.97 Å². The molecule has 19 heavy (non-hydrogen) atoms. The molecule has 0 radical (unpaired) electrons. The lowest BCUT2D eigenvalue weighted by Gasteiger charge is -2.13. The zero-order valence-electron chi connectivity index (χ0n) is 9.77. The molecule has 2 rings (SSSR count). The second-order valence-electron chi connectivity index (χ2n) is 4.12. The molecule has 0 aliphatic carbocycles. The fourth-order valence-corrected chi connectivity index (χ4v) is 2.07. The molecule has 1 heterocycles. The zero-order chi connectivity index (χ0) is 14.0. The fraction of sp³-hybridized carbons (Fsp3) is 0.250. The SMILES string of the molecule is O=C1CC[C@H](C(=O)Nc2c(Cl)cccc2C(=O)O)N1. The summed E-state index contributed by atoms with van der Waals surface area (Å²) < 4.78 is 0. The third-order valence-electron chi connectivity index (χ3n) is 2.80. The van der Waals surface area contributed by atoms with E-state index in [1.54, 1.807) is 0 Å². The van der Waals surface area contributed by atoms with Crippen molar-refractivity contribution < 1.29 is 19.5 Å². The Bertz CT molecular complexity index is 559. The normalized spacial score (nSPS) is 17.9. The third kappa shape index (κ3) is 2.85. The highest BCUT2D eigenvalue weighted by atomic mass is 35.5. The summed E-state index contributed by atoms with van der Waals surface area (Å²) in [5, 5.41) is 14.1. The van der Waals surface area contributed by atoms with Gasteiger partial charge in [0.05, 0.1) is 16.3 Å². The maximum atomic E-state index is 11.9. The molecule has 1 aromatic rings. The lowest BCUT2D eigenvalue weighted by molar-refractivity contribution is -0.122. The number of rotatable bonds is 3. The lowest BCUT2D eigenvalue weighted by Crippen LogP contribution is -2.37. The number of carboxylic acid groups (broad SMARTS) is 1. The van der Waals surface area contributed by atoms with Crippen molar-refractivity contribution in [3.63, 3.8) is 0 Å². The topological polar surface area (TPSA) is 95.5 Å². The summed E-state index contributed by atoms with van der Waals surface area (Å²) in [7, 11) is 0. The highest BCUT2D eigenvalue weighted by Gasteiger charge is 2.28. The number of amides is 2. The molecule has 1 atom stereocenters. The van der Waals surface area contributed by atoms with Gasteiger partial charge in [-0.25, -0.2) is 4.79 Å². The molecule has 3 N–H and O–H groups in total. The Balaban J connectivity index is 2.21. The summed E-state index contributed by atoms with van der Waals surface area (Å²) in [5.41, 5.74) is -0.0482. The molecule has 1 aliphatic heterocycles. The van der Waals surface area contributed by atoms with Crippen molar-refractivity contribution in [3.8, 4) is 0 Å². The number of benzene rings is 1. The van der Waals surface area contributed by atoms with Crippen molar-refractivity contribution in [2.24, 2.45) is 0 Å². The minimum absolute atomic E-state index is 0.0443. The average molecular weight is 283 g/mol. The molecule has 100 valence electrons. The molecule has 7 heteroatoms. The van der Waals surface area contributed by atoms with E-state index >= 15 is 0 Å². The van der Waals surface area contributed by atoms with Crippen LogP contribution in [-0.2, 0) is 9.59 Å². The fourth-order valence-electron chi connectivity index (χ4n) is 1.85. The van der Waals surface area contributed by atoms with Crippen molar-refractivity contribution in [1.82, 2.24) is 5.32 Å². The van der Waals surface area contributed by atoms with Gasteiger partial charge in [-0.15, -0.1) is 0 Å². The number of para-hydroxylation sites is 1. The number of hydrogen-bond acceptors (Lipinski definition) is 3. The monoisotopic (exact) mass is 282 g/mol. The van der Waals surface area contributed by atoms with E-state index in [4.69, 9.17) is 16.7 Å². The number of carbonyl (C=O) groups excluding carboxylic acids is 2. The van der Waals surface area contributed by atoms with Gasteiger partial charge in [-0.05, 0) is 18.6 Å². The van der Waals surface area contributed by atoms with Gasteiger partial charge in [-0.3, -0.25) is 9.59 Å². The van der Waals surface area contributed by atoms with Gasteiger partial charge in [0.15, 0.2) is 0 Å². The number of carbonyl (C=O) groups is 3. The Morgan fingerprint density at radius 3 is 2.74 bits per heavy atom. The lowest BCUT2D eigenvalue weighted by atomic mass is 10.1. The van der Waals surface area contributed by atoms with Gasteiger partial charge in [-0.1, -0.05) is 17.7 Å².